The van der Waals surface area contributed by atoms with Crippen molar-refractivity contribution in [1.82, 2.24) is 0 Å². The van der Waals surface area contributed by atoms with Gasteiger partial charge in [0.1, 0.15) is 5.75 Å². The molecule has 2 aliphatic carbocycles. The van der Waals surface area contributed by atoms with Crippen molar-refractivity contribution in [1.29, 1.82) is 0 Å². The molecule has 19 heavy (non-hydrogen) atoms. The lowest BCUT2D eigenvalue weighted by atomic mass is 9.81. The van der Waals surface area contributed by atoms with Crippen LogP contribution in [0, 0.1) is 11.8 Å². The highest BCUT2D eigenvalue weighted by Gasteiger charge is 2.57. The fourth-order valence-electron chi connectivity index (χ4n) is 4.02. The topological polar surface area (TPSA) is 29.5 Å². The minimum absolute atomic E-state index is 0.0499. The van der Waals surface area contributed by atoms with Crippen LogP contribution in [0.25, 0.3) is 0 Å². The second kappa shape index (κ2) is 5.16. The minimum atomic E-state index is 0.0499. The molecule has 104 valence electrons. The van der Waals surface area contributed by atoms with Crippen LogP contribution in [-0.4, -0.2) is 18.8 Å². The predicted molar refractivity (Wildman–Crippen MR) is 76.4 cm³/mol. The zero-order valence-electron chi connectivity index (χ0n) is 11.8. The van der Waals surface area contributed by atoms with Gasteiger partial charge in [-0.3, -0.25) is 0 Å². The van der Waals surface area contributed by atoms with Crippen molar-refractivity contribution in [3.8, 4) is 5.75 Å². The molecular weight excluding hydrogens is 236 g/mol. The van der Waals surface area contributed by atoms with Crippen molar-refractivity contribution in [3.63, 3.8) is 0 Å². The van der Waals surface area contributed by atoms with Crippen LogP contribution in [0.15, 0.2) is 24.3 Å². The Balaban J connectivity index is 1.76. The number of ether oxygens (including phenoxy) is 1. The molecule has 2 aliphatic rings. The molecular formula is C17H24O2. The summed E-state index contributed by atoms with van der Waals surface area (Å²) < 4.78 is 5.22. The molecule has 2 fully saturated rings. The van der Waals surface area contributed by atoms with Gasteiger partial charge in [-0.05, 0) is 36.0 Å². The summed E-state index contributed by atoms with van der Waals surface area (Å²) in [4.78, 5) is 0. The van der Waals surface area contributed by atoms with Crippen LogP contribution < -0.4 is 4.74 Å². The van der Waals surface area contributed by atoms with Crippen molar-refractivity contribution in [2.45, 2.75) is 43.9 Å². The van der Waals surface area contributed by atoms with Gasteiger partial charge in [-0.25, -0.2) is 0 Å². The summed E-state index contributed by atoms with van der Waals surface area (Å²) in [7, 11) is 1.69. The summed E-state index contributed by atoms with van der Waals surface area (Å²) >= 11 is 0. The minimum Gasteiger partial charge on any atom is -0.497 e. The maximum Gasteiger partial charge on any atom is 0.118 e. The largest absolute Gasteiger partial charge is 0.497 e. The van der Waals surface area contributed by atoms with E-state index in [1.54, 1.807) is 7.11 Å². The SMILES string of the molecule is COc1ccc(C2(CO)CC2C2CCCCC2)cc1. The summed E-state index contributed by atoms with van der Waals surface area (Å²) in [6, 6.07) is 8.31. The van der Waals surface area contributed by atoms with Crippen LogP contribution in [0.5, 0.6) is 5.75 Å². The molecule has 0 amide bonds. The van der Waals surface area contributed by atoms with E-state index in [1.807, 2.05) is 12.1 Å². The molecule has 0 saturated heterocycles. The summed E-state index contributed by atoms with van der Waals surface area (Å²) in [6.07, 6.45) is 8.06. The van der Waals surface area contributed by atoms with Gasteiger partial charge in [0.2, 0.25) is 0 Å². The Labute approximate surface area is 115 Å². The van der Waals surface area contributed by atoms with Crippen molar-refractivity contribution in [2.24, 2.45) is 11.8 Å². The lowest BCUT2D eigenvalue weighted by Crippen LogP contribution is -2.21. The lowest BCUT2D eigenvalue weighted by molar-refractivity contribution is 0.218. The van der Waals surface area contributed by atoms with Crippen molar-refractivity contribution < 1.29 is 9.84 Å². The Kier molecular flexibility index (Phi) is 3.53. The molecule has 2 nitrogen and oxygen atoms in total. The van der Waals surface area contributed by atoms with E-state index in [2.05, 4.69) is 12.1 Å². The van der Waals surface area contributed by atoms with Crippen LogP contribution in [0.1, 0.15) is 44.1 Å². The van der Waals surface area contributed by atoms with E-state index >= 15 is 0 Å². The smallest absolute Gasteiger partial charge is 0.118 e. The highest BCUT2D eigenvalue weighted by Crippen LogP contribution is 2.60. The molecule has 1 N–H and O–H groups in total. The Hall–Kier alpha value is -1.02. The third-order valence-corrected chi connectivity index (χ3v) is 5.30. The van der Waals surface area contributed by atoms with Crippen molar-refractivity contribution >= 4 is 0 Å². The van der Waals surface area contributed by atoms with E-state index in [9.17, 15) is 5.11 Å². The molecule has 1 aromatic carbocycles. The Bertz CT molecular complexity index is 419. The second-order valence-corrected chi connectivity index (χ2v) is 6.25. The van der Waals surface area contributed by atoms with Gasteiger partial charge in [-0.15, -0.1) is 0 Å². The van der Waals surface area contributed by atoms with Crippen LogP contribution in [-0.2, 0) is 5.41 Å². The fraction of sp³-hybridized carbons (Fsp3) is 0.647. The number of hydrogen-bond acceptors (Lipinski definition) is 2. The highest BCUT2D eigenvalue weighted by molar-refractivity contribution is 5.38. The average Bonchev–Trinajstić information content (AvgIpc) is 3.24. The molecule has 1 aromatic rings. The Morgan fingerprint density at radius 3 is 2.42 bits per heavy atom. The zero-order chi connectivity index (χ0) is 13.3. The number of benzene rings is 1. The van der Waals surface area contributed by atoms with E-state index in [-0.39, 0.29) is 5.41 Å². The first-order valence-corrected chi connectivity index (χ1v) is 7.55. The summed E-state index contributed by atoms with van der Waals surface area (Å²) in [6.45, 7) is 0.292. The van der Waals surface area contributed by atoms with Crippen LogP contribution >= 0.6 is 0 Å². The first kappa shape index (κ1) is 13.0. The van der Waals surface area contributed by atoms with Gasteiger partial charge in [-0.2, -0.15) is 0 Å². The number of aliphatic hydroxyl groups excluding tert-OH is 1. The molecule has 0 heterocycles. The average molecular weight is 260 g/mol. The van der Waals surface area contributed by atoms with Gasteiger partial charge < -0.3 is 9.84 Å². The third-order valence-electron chi connectivity index (χ3n) is 5.30. The molecule has 0 bridgehead atoms. The maximum absolute atomic E-state index is 9.91. The van der Waals surface area contributed by atoms with Gasteiger partial charge >= 0.3 is 0 Å². The van der Waals surface area contributed by atoms with E-state index in [4.69, 9.17) is 4.74 Å². The van der Waals surface area contributed by atoms with Gasteiger partial charge in [0.15, 0.2) is 0 Å². The number of aliphatic hydroxyl groups is 1. The Morgan fingerprint density at radius 1 is 1.16 bits per heavy atom. The van der Waals surface area contributed by atoms with E-state index < -0.39 is 0 Å². The van der Waals surface area contributed by atoms with Crippen molar-refractivity contribution in [2.75, 3.05) is 13.7 Å². The number of rotatable bonds is 4. The standard InChI is InChI=1S/C17H24O2/c1-19-15-9-7-14(8-10-15)17(12-18)11-16(17)13-5-3-2-4-6-13/h7-10,13,16,18H,2-6,11-12H2,1H3. The highest BCUT2D eigenvalue weighted by atomic mass is 16.5. The molecule has 3 rings (SSSR count). The second-order valence-electron chi connectivity index (χ2n) is 6.25. The molecule has 2 atom stereocenters. The summed E-state index contributed by atoms with van der Waals surface area (Å²) in [5, 5.41) is 9.91. The predicted octanol–water partition coefficient (Wildman–Crippen LogP) is 3.53. The first-order valence-electron chi connectivity index (χ1n) is 7.55. The molecule has 2 heteroatoms. The van der Waals surface area contributed by atoms with Gasteiger partial charge in [0.25, 0.3) is 0 Å². The molecule has 2 saturated carbocycles. The summed E-state index contributed by atoms with van der Waals surface area (Å²) in [5.41, 5.74) is 1.35. The molecule has 0 spiro atoms. The van der Waals surface area contributed by atoms with Gasteiger partial charge in [0, 0.05) is 5.41 Å². The normalized spacial score (nSPS) is 31.2. The quantitative estimate of drug-likeness (QED) is 0.897. The van der Waals surface area contributed by atoms with Gasteiger partial charge in [0.05, 0.1) is 13.7 Å². The van der Waals surface area contributed by atoms with Crippen LogP contribution in [0.2, 0.25) is 0 Å². The monoisotopic (exact) mass is 260 g/mol. The zero-order valence-corrected chi connectivity index (χ0v) is 11.8. The molecule has 0 aromatic heterocycles. The number of hydrogen-bond donors (Lipinski definition) is 1. The van der Waals surface area contributed by atoms with Crippen LogP contribution in [0.3, 0.4) is 0 Å². The maximum atomic E-state index is 9.91. The molecule has 0 aliphatic heterocycles. The van der Waals surface area contributed by atoms with E-state index in [0.717, 1.165) is 11.7 Å². The lowest BCUT2D eigenvalue weighted by Gasteiger charge is -2.25. The van der Waals surface area contributed by atoms with E-state index in [1.165, 1.54) is 44.1 Å². The van der Waals surface area contributed by atoms with Crippen LogP contribution in [0.4, 0.5) is 0 Å². The van der Waals surface area contributed by atoms with Gasteiger partial charge in [-0.1, -0.05) is 44.2 Å². The van der Waals surface area contributed by atoms with Crippen molar-refractivity contribution in [3.05, 3.63) is 29.8 Å². The first-order chi connectivity index (χ1) is 9.30. The fourth-order valence-corrected chi connectivity index (χ4v) is 4.02. The third kappa shape index (κ3) is 2.27. The Morgan fingerprint density at radius 2 is 1.84 bits per heavy atom. The molecule has 2 unspecified atom stereocenters. The number of methoxy groups -OCH3 is 1. The van der Waals surface area contributed by atoms with E-state index in [0.29, 0.717) is 12.5 Å². The summed E-state index contributed by atoms with van der Waals surface area (Å²) in [5.74, 6) is 2.43. The molecule has 0 radical (unpaired) electrons.